The number of thioether (sulfide) groups is 1. The molecule has 1 saturated heterocycles. The molecule has 0 unspecified atom stereocenters. The van der Waals surface area contributed by atoms with E-state index in [1.54, 1.807) is 23.5 Å². The van der Waals surface area contributed by atoms with Crippen molar-refractivity contribution in [1.29, 1.82) is 0 Å². The fourth-order valence-corrected chi connectivity index (χ4v) is 4.45. The maximum atomic E-state index is 14.0. The maximum Gasteiger partial charge on any atom is 0.247 e. The molecule has 1 aliphatic heterocycles. The van der Waals surface area contributed by atoms with Crippen LogP contribution in [0, 0.1) is 5.82 Å². The van der Waals surface area contributed by atoms with E-state index in [1.165, 1.54) is 24.2 Å². The van der Waals surface area contributed by atoms with Crippen LogP contribution in [0.25, 0.3) is 10.2 Å². The van der Waals surface area contributed by atoms with Crippen molar-refractivity contribution < 1.29 is 9.18 Å². The van der Waals surface area contributed by atoms with E-state index in [-0.39, 0.29) is 17.8 Å². The van der Waals surface area contributed by atoms with Crippen LogP contribution in [0.1, 0.15) is 12.8 Å². The van der Waals surface area contributed by atoms with Gasteiger partial charge in [-0.25, -0.2) is 14.4 Å². The number of carbonyl (C=O) groups is 1. The highest BCUT2D eigenvalue weighted by Gasteiger charge is 2.33. The quantitative estimate of drug-likeness (QED) is 0.680. The smallest absolute Gasteiger partial charge is 0.247 e. The minimum Gasteiger partial charge on any atom is -0.344 e. The van der Waals surface area contributed by atoms with Crippen LogP contribution in [0.15, 0.2) is 40.9 Å². The number of benzene rings is 1. The Bertz CT molecular complexity index is 961. The molecule has 134 valence electrons. The van der Waals surface area contributed by atoms with Gasteiger partial charge in [0.25, 0.3) is 0 Å². The topological polar surface area (TPSA) is 58.1 Å². The van der Waals surface area contributed by atoms with Gasteiger partial charge in [-0.2, -0.15) is 0 Å². The van der Waals surface area contributed by atoms with Crippen LogP contribution < -0.4 is 10.2 Å². The van der Waals surface area contributed by atoms with Crippen molar-refractivity contribution in [2.75, 3.05) is 23.0 Å². The summed E-state index contributed by atoms with van der Waals surface area (Å²) < 4.78 is 14.0. The van der Waals surface area contributed by atoms with E-state index in [2.05, 4.69) is 15.3 Å². The lowest BCUT2D eigenvalue weighted by atomic mass is 10.2. The van der Waals surface area contributed by atoms with Crippen LogP contribution in [0.5, 0.6) is 0 Å². The number of hydrogen-bond donors (Lipinski definition) is 1. The first-order valence-electron chi connectivity index (χ1n) is 8.26. The van der Waals surface area contributed by atoms with Crippen molar-refractivity contribution in [3.63, 3.8) is 0 Å². The Morgan fingerprint density at radius 2 is 2.27 bits per heavy atom. The lowest BCUT2D eigenvalue weighted by molar-refractivity contribution is -0.117. The van der Waals surface area contributed by atoms with Gasteiger partial charge in [-0.05, 0) is 48.7 Å². The number of anilines is 2. The van der Waals surface area contributed by atoms with Gasteiger partial charge >= 0.3 is 0 Å². The Morgan fingerprint density at radius 3 is 3.08 bits per heavy atom. The summed E-state index contributed by atoms with van der Waals surface area (Å²) in [6.45, 7) is 0.764. The van der Waals surface area contributed by atoms with Crippen LogP contribution in [0.2, 0.25) is 0 Å². The van der Waals surface area contributed by atoms with E-state index in [1.807, 2.05) is 22.6 Å². The minimum absolute atomic E-state index is 0.138. The zero-order valence-corrected chi connectivity index (χ0v) is 15.7. The summed E-state index contributed by atoms with van der Waals surface area (Å²) in [7, 11) is 0. The number of hydrogen-bond acceptors (Lipinski definition) is 6. The third kappa shape index (κ3) is 3.14. The van der Waals surface area contributed by atoms with Crippen LogP contribution in [0.3, 0.4) is 0 Å². The van der Waals surface area contributed by atoms with E-state index in [9.17, 15) is 9.18 Å². The fraction of sp³-hybridized carbons (Fsp3) is 0.278. The molecule has 0 bridgehead atoms. The van der Waals surface area contributed by atoms with Gasteiger partial charge in [0.15, 0.2) is 0 Å². The number of nitrogens with one attached hydrogen (secondary N) is 1. The molecule has 1 atom stereocenters. The first-order chi connectivity index (χ1) is 12.7. The number of amides is 1. The molecule has 2 aromatic heterocycles. The molecule has 26 heavy (non-hydrogen) atoms. The molecule has 5 nitrogen and oxygen atoms in total. The monoisotopic (exact) mass is 388 g/mol. The van der Waals surface area contributed by atoms with Gasteiger partial charge in [0.05, 0.1) is 5.39 Å². The first kappa shape index (κ1) is 17.2. The fourth-order valence-electron chi connectivity index (χ4n) is 3.27. The van der Waals surface area contributed by atoms with Crippen LogP contribution in [0.4, 0.5) is 15.9 Å². The number of rotatable bonds is 4. The van der Waals surface area contributed by atoms with Gasteiger partial charge in [-0.3, -0.25) is 4.79 Å². The predicted molar refractivity (Wildman–Crippen MR) is 105 cm³/mol. The van der Waals surface area contributed by atoms with E-state index >= 15 is 0 Å². The molecule has 1 aromatic carbocycles. The van der Waals surface area contributed by atoms with E-state index in [4.69, 9.17) is 0 Å². The predicted octanol–water partition coefficient (Wildman–Crippen LogP) is 4.16. The molecule has 0 spiro atoms. The molecule has 0 radical (unpaired) electrons. The first-order valence-corrected chi connectivity index (χ1v) is 10.4. The summed E-state index contributed by atoms with van der Waals surface area (Å²) in [4.78, 5) is 25.0. The average Bonchev–Trinajstić information content (AvgIpc) is 3.31. The Balaban J connectivity index is 1.57. The van der Waals surface area contributed by atoms with Crippen molar-refractivity contribution in [2.24, 2.45) is 0 Å². The summed E-state index contributed by atoms with van der Waals surface area (Å²) in [5, 5.41) is 5.79. The molecule has 1 N–H and O–H groups in total. The van der Waals surface area contributed by atoms with Crippen molar-refractivity contribution >= 4 is 50.7 Å². The molecule has 3 heterocycles. The number of carbonyl (C=O) groups excluding carboxylic acids is 1. The summed E-state index contributed by atoms with van der Waals surface area (Å²) >= 11 is 2.89. The second-order valence-corrected chi connectivity index (χ2v) is 7.77. The van der Waals surface area contributed by atoms with Gasteiger partial charge in [0.2, 0.25) is 5.91 Å². The van der Waals surface area contributed by atoms with Gasteiger partial charge in [-0.15, -0.1) is 23.1 Å². The molecule has 3 aromatic rings. The zero-order chi connectivity index (χ0) is 18.1. The lowest BCUT2D eigenvalue weighted by Crippen LogP contribution is -2.40. The molecular formula is C18H17FN4OS2. The number of aromatic nitrogens is 2. The van der Waals surface area contributed by atoms with Crippen LogP contribution in [-0.2, 0) is 4.79 Å². The number of thiophene rings is 1. The van der Waals surface area contributed by atoms with Crippen LogP contribution >= 0.6 is 23.1 Å². The van der Waals surface area contributed by atoms with Crippen molar-refractivity contribution in [3.05, 3.63) is 41.8 Å². The van der Waals surface area contributed by atoms with Crippen molar-refractivity contribution in [3.8, 4) is 0 Å². The minimum atomic E-state index is -0.325. The molecule has 1 aliphatic rings. The Kier molecular flexibility index (Phi) is 4.78. The Hall–Kier alpha value is -2.19. The highest BCUT2D eigenvalue weighted by atomic mass is 32.2. The Labute approximate surface area is 158 Å². The highest BCUT2D eigenvalue weighted by molar-refractivity contribution is 7.98. The normalized spacial score (nSPS) is 17.0. The van der Waals surface area contributed by atoms with Crippen LogP contribution in [-0.4, -0.2) is 34.7 Å². The molecule has 0 saturated carbocycles. The van der Waals surface area contributed by atoms with Crippen molar-refractivity contribution in [1.82, 2.24) is 9.97 Å². The second-order valence-electron chi connectivity index (χ2n) is 6.03. The van der Waals surface area contributed by atoms with Gasteiger partial charge in [0.1, 0.15) is 28.8 Å². The third-order valence-corrected chi connectivity index (χ3v) is 6.08. The average molecular weight is 388 g/mol. The second kappa shape index (κ2) is 7.20. The maximum absolute atomic E-state index is 14.0. The molecular weight excluding hydrogens is 371 g/mol. The molecule has 1 amide bonds. The SMILES string of the molecule is CSc1ccc(NC(=O)[C@H]2CCCN2c2ncnc3sccc23)cc1F. The largest absolute Gasteiger partial charge is 0.344 e. The molecule has 4 rings (SSSR count). The van der Waals surface area contributed by atoms with Gasteiger partial charge < -0.3 is 10.2 Å². The number of halogens is 1. The standard InChI is InChI=1S/C18H17FN4OS2/c1-25-15-5-4-11(9-13(15)19)22-17(24)14-3-2-7-23(14)16-12-6-8-26-18(12)21-10-20-16/h4-6,8-10,14H,2-3,7H2,1H3,(H,22,24)/t14-/m1/s1. The molecule has 1 fully saturated rings. The Morgan fingerprint density at radius 1 is 1.38 bits per heavy atom. The highest BCUT2D eigenvalue weighted by Crippen LogP contribution is 2.32. The van der Waals surface area contributed by atoms with Crippen molar-refractivity contribution in [2.45, 2.75) is 23.8 Å². The van der Waals surface area contributed by atoms with E-state index in [0.717, 1.165) is 35.4 Å². The van der Waals surface area contributed by atoms with E-state index < -0.39 is 0 Å². The number of fused-ring (bicyclic) bond motifs is 1. The van der Waals surface area contributed by atoms with E-state index in [0.29, 0.717) is 10.6 Å². The zero-order valence-electron chi connectivity index (χ0n) is 14.1. The lowest BCUT2D eigenvalue weighted by Gasteiger charge is -2.25. The third-order valence-electron chi connectivity index (χ3n) is 4.49. The molecule has 0 aliphatic carbocycles. The van der Waals surface area contributed by atoms with Gasteiger partial charge in [-0.1, -0.05) is 0 Å². The summed E-state index contributed by atoms with van der Waals surface area (Å²) in [6, 6.07) is 6.44. The summed E-state index contributed by atoms with van der Waals surface area (Å²) in [6.07, 6.45) is 5.01. The van der Waals surface area contributed by atoms with Gasteiger partial charge in [0, 0.05) is 17.1 Å². The summed E-state index contributed by atoms with van der Waals surface area (Å²) in [5.41, 5.74) is 0.473. The summed E-state index contributed by atoms with van der Waals surface area (Å²) in [5.74, 6) is 0.327. The number of nitrogens with zero attached hydrogens (tertiary/aromatic N) is 3. The molecule has 8 heteroatoms.